The van der Waals surface area contributed by atoms with Gasteiger partial charge in [0, 0.05) is 29.9 Å². The molecular formula is C35H58N2O3. The summed E-state index contributed by atoms with van der Waals surface area (Å²) < 4.78 is 5.58. The number of H-pyrrole nitrogens is 1. The number of nitrogens with one attached hydrogen (secondary N) is 2. The van der Waals surface area contributed by atoms with Gasteiger partial charge in [-0.05, 0) is 24.5 Å². The summed E-state index contributed by atoms with van der Waals surface area (Å²) >= 11 is 0. The SMILES string of the molecule is CCCCCCCCCCCCCCCCCC(=O)N[C@@H](Cc1c[nH]c2ccccc12)C(=O)OCCCCCC. The number of amides is 1. The number of aromatic nitrogens is 1. The molecule has 1 amide bonds. The molecule has 0 radical (unpaired) electrons. The van der Waals surface area contributed by atoms with Crippen LogP contribution in [0.4, 0.5) is 0 Å². The van der Waals surface area contributed by atoms with E-state index in [2.05, 4.69) is 24.1 Å². The zero-order valence-electron chi connectivity index (χ0n) is 25.7. The van der Waals surface area contributed by atoms with E-state index in [1.54, 1.807) is 0 Å². The fourth-order valence-corrected chi connectivity index (χ4v) is 5.44. The Morgan fingerprint density at radius 2 is 1.25 bits per heavy atom. The van der Waals surface area contributed by atoms with Crippen LogP contribution >= 0.6 is 0 Å². The Labute approximate surface area is 244 Å². The van der Waals surface area contributed by atoms with Crippen LogP contribution in [0.15, 0.2) is 30.5 Å². The molecule has 0 fully saturated rings. The minimum Gasteiger partial charge on any atom is -0.464 e. The Kier molecular flexibility index (Phi) is 19.0. The number of hydrogen-bond donors (Lipinski definition) is 2. The highest BCUT2D eigenvalue weighted by Gasteiger charge is 2.24. The highest BCUT2D eigenvalue weighted by molar-refractivity contribution is 5.87. The Hall–Kier alpha value is -2.30. The lowest BCUT2D eigenvalue weighted by atomic mass is 10.0. The number of aromatic amines is 1. The molecule has 0 aliphatic heterocycles. The number of carbonyl (C=O) groups excluding carboxylic acids is 2. The monoisotopic (exact) mass is 554 g/mol. The molecule has 0 bridgehead atoms. The maximum atomic E-state index is 12.9. The first-order valence-electron chi connectivity index (χ1n) is 16.7. The Bertz CT molecular complexity index is 922. The predicted octanol–water partition coefficient (Wildman–Crippen LogP) is 9.58. The Morgan fingerprint density at radius 1 is 0.725 bits per heavy atom. The lowest BCUT2D eigenvalue weighted by Gasteiger charge is -2.18. The van der Waals surface area contributed by atoms with Gasteiger partial charge in [0.1, 0.15) is 6.04 Å². The summed E-state index contributed by atoms with van der Waals surface area (Å²) in [6.45, 7) is 4.85. The van der Waals surface area contributed by atoms with E-state index in [1.165, 1.54) is 83.5 Å². The molecule has 1 aromatic heterocycles. The average Bonchev–Trinajstić information content (AvgIpc) is 3.37. The van der Waals surface area contributed by atoms with Crippen LogP contribution in [0, 0.1) is 0 Å². The lowest BCUT2D eigenvalue weighted by molar-refractivity contribution is -0.148. The van der Waals surface area contributed by atoms with Crippen molar-refractivity contribution in [1.82, 2.24) is 10.3 Å². The van der Waals surface area contributed by atoms with Gasteiger partial charge < -0.3 is 15.0 Å². The van der Waals surface area contributed by atoms with Crippen LogP contribution in [0.2, 0.25) is 0 Å². The first-order valence-corrected chi connectivity index (χ1v) is 16.7. The molecule has 0 aliphatic rings. The smallest absolute Gasteiger partial charge is 0.328 e. The first-order chi connectivity index (χ1) is 19.7. The molecule has 1 atom stereocenters. The van der Waals surface area contributed by atoms with Gasteiger partial charge in [-0.25, -0.2) is 4.79 Å². The molecule has 5 heteroatoms. The van der Waals surface area contributed by atoms with E-state index in [9.17, 15) is 9.59 Å². The second kappa shape index (κ2) is 22.4. The fraction of sp³-hybridized carbons (Fsp3) is 0.714. The molecule has 1 heterocycles. The van der Waals surface area contributed by atoms with E-state index in [1.807, 2.05) is 30.5 Å². The third-order valence-corrected chi connectivity index (χ3v) is 7.97. The molecule has 40 heavy (non-hydrogen) atoms. The number of benzene rings is 1. The van der Waals surface area contributed by atoms with Crippen LogP contribution in [-0.4, -0.2) is 29.5 Å². The number of para-hydroxylation sites is 1. The standard InChI is InChI=1S/C35H58N2O3/c1-3-5-7-9-10-11-12-13-14-15-16-17-18-19-20-26-34(38)37-33(35(39)40-27-23-8-6-4-2)28-30-29-36-32-25-22-21-24-31(30)32/h21-22,24-25,29,33,36H,3-20,23,26-28H2,1-2H3,(H,37,38)/t33-/m0/s1. The number of rotatable bonds is 25. The largest absolute Gasteiger partial charge is 0.464 e. The van der Waals surface area contributed by atoms with Gasteiger partial charge in [0.05, 0.1) is 6.61 Å². The van der Waals surface area contributed by atoms with Gasteiger partial charge in [0.25, 0.3) is 0 Å². The fourth-order valence-electron chi connectivity index (χ4n) is 5.44. The normalized spacial score (nSPS) is 12.1. The Balaban J connectivity index is 1.62. The second-order valence-corrected chi connectivity index (χ2v) is 11.6. The molecule has 226 valence electrons. The highest BCUT2D eigenvalue weighted by Crippen LogP contribution is 2.20. The van der Waals surface area contributed by atoms with Gasteiger partial charge in [0.15, 0.2) is 0 Å². The number of esters is 1. The third-order valence-electron chi connectivity index (χ3n) is 7.97. The van der Waals surface area contributed by atoms with Crippen molar-refractivity contribution in [3.05, 3.63) is 36.0 Å². The number of hydrogen-bond acceptors (Lipinski definition) is 3. The van der Waals surface area contributed by atoms with Crippen molar-refractivity contribution in [2.24, 2.45) is 0 Å². The Morgan fingerprint density at radius 3 is 1.85 bits per heavy atom. The molecule has 2 N–H and O–H groups in total. The van der Waals surface area contributed by atoms with Crippen LogP contribution in [0.5, 0.6) is 0 Å². The zero-order valence-corrected chi connectivity index (χ0v) is 25.7. The van der Waals surface area contributed by atoms with Crippen molar-refractivity contribution in [3.63, 3.8) is 0 Å². The summed E-state index contributed by atoms with van der Waals surface area (Å²) in [6, 6.07) is 7.40. The lowest BCUT2D eigenvalue weighted by Crippen LogP contribution is -2.43. The minimum absolute atomic E-state index is 0.0533. The van der Waals surface area contributed by atoms with E-state index in [-0.39, 0.29) is 11.9 Å². The van der Waals surface area contributed by atoms with Gasteiger partial charge in [-0.2, -0.15) is 0 Å². The number of ether oxygens (including phenoxy) is 1. The molecule has 0 saturated carbocycles. The van der Waals surface area contributed by atoms with Crippen molar-refractivity contribution in [3.8, 4) is 0 Å². The number of fused-ring (bicyclic) bond motifs is 1. The van der Waals surface area contributed by atoms with Gasteiger partial charge >= 0.3 is 5.97 Å². The quantitative estimate of drug-likeness (QED) is 0.0948. The van der Waals surface area contributed by atoms with Crippen LogP contribution in [-0.2, 0) is 20.7 Å². The van der Waals surface area contributed by atoms with Crippen molar-refractivity contribution in [2.75, 3.05) is 6.61 Å². The number of carbonyl (C=O) groups is 2. The highest BCUT2D eigenvalue weighted by atomic mass is 16.5. The molecule has 0 aliphatic carbocycles. The van der Waals surface area contributed by atoms with Gasteiger partial charge in [-0.3, -0.25) is 4.79 Å². The molecular weight excluding hydrogens is 496 g/mol. The maximum Gasteiger partial charge on any atom is 0.328 e. The average molecular weight is 555 g/mol. The van der Waals surface area contributed by atoms with Crippen molar-refractivity contribution in [2.45, 2.75) is 155 Å². The summed E-state index contributed by atoms with van der Waals surface area (Å²) in [5.41, 5.74) is 2.06. The second-order valence-electron chi connectivity index (χ2n) is 11.6. The van der Waals surface area contributed by atoms with E-state index in [0.717, 1.165) is 55.0 Å². The third kappa shape index (κ3) is 14.9. The van der Waals surface area contributed by atoms with E-state index in [0.29, 0.717) is 19.4 Å². The first kappa shape index (κ1) is 33.9. The molecule has 2 rings (SSSR count). The maximum absolute atomic E-state index is 12.9. The summed E-state index contributed by atoms with van der Waals surface area (Å²) in [4.78, 5) is 29.0. The zero-order chi connectivity index (χ0) is 28.7. The van der Waals surface area contributed by atoms with Crippen LogP contribution < -0.4 is 5.32 Å². The van der Waals surface area contributed by atoms with Gasteiger partial charge in [-0.15, -0.1) is 0 Å². The van der Waals surface area contributed by atoms with Crippen molar-refractivity contribution < 1.29 is 14.3 Å². The number of unbranched alkanes of at least 4 members (excludes halogenated alkanes) is 17. The summed E-state index contributed by atoms with van der Waals surface area (Å²) in [5.74, 6) is -0.380. The van der Waals surface area contributed by atoms with Crippen LogP contribution in [0.25, 0.3) is 10.9 Å². The molecule has 5 nitrogen and oxygen atoms in total. The van der Waals surface area contributed by atoms with Gasteiger partial charge in [0.2, 0.25) is 5.91 Å². The molecule has 0 unspecified atom stereocenters. The van der Waals surface area contributed by atoms with E-state index >= 15 is 0 Å². The summed E-state index contributed by atoms with van der Waals surface area (Å²) in [7, 11) is 0. The van der Waals surface area contributed by atoms with Crippen molar-refractivity contribution in [1.29, 1.82) is 0 Å². The molecule has 0 spiro atoms. The summed E-state index contributed by atoms with van der Waals surface area (Å²) in [5, 5.41) is 4.08. The molecule has 0 saturated heterocycles. The molecule has 1 aromatic carbocycles. The van der Waals surface area contributed by atoms with Gasteiger partial charge in [-0.1, -0.05) is 141 Å². The minimum atomic E-state index is -0.658. The summed E-state index contributed by atoms with van der Waals surface area (Å²) in [6.07, 6.45) is 26.6. The molecule has 2 aromatic rings. The van der Waals surface area contributed by atoms with Crippen LogP contribution in [0.3, 0.4) is 0 Å². The topological polar surface area (TPSA) is 71.2 Å². The van der Waals surface area contributed by atoms with Crippen LogP contribution in [0.1, 0.15) is 148 Å². The van der Waals surface area contributed by atoms with Crippen molar-refractivity contribution >= 4 is 22.8 Å². The predicted molar refractivity (Wildman–Crippen MR) is 169 cm³/mol. The van der Waals surface area contributed by atoms with E-state index < -0.39 is 6.04 Å². The van der Waals surface area contributed by atoms with E-state index in [4.69, 9.17) is 4.74 Å².